The lowest BCUT2D eigenvalue weighted by Crippen LogP contribution is -2.26. The molecule has 0 unspecified atom stereocenters. The monoisotopic (exact) mass is 273 g/mol. The van der Waals surface area contributed by atoms with Crippen molar-refractivity contribution in [3.8, 4) is 0 Å². The van der Waals surface area contributed by atoms with E-state index in [1.54, 1.807) is 4.90 Å². The smallest absolute Gasteiger partial charge is 0.261 e. The number of β-amino-alcohol motifs (C(OH)–C–C–N with tert-alkyl or cyclic N) is 1. The quantitative estimate of drug-likeness (QED) is 0.747. The molecular formula is C11H15NO5S. The van der Waals surface area contributed by atoms with Crippen molar-refractivity contribution < 1.29 is 22.9 Å². The molecule has 1 amide bonds. The number of aliphatic hydroxyl groups excluding tert-OH is 1. The standard InChI is InChI=1S/C10H11NO2.CH4O3S/c12-6-5-11-7-8-3-1-2-4-9(8)10(11)13;1-5(2,3)4/h1-4,12H,5-7H2;1H3,(H,2,3,4). The molecule has 1 aliphatic heterocycles. The molecule has 0 saturated heterocycles. The van der Waals surface area contributed by atoms with Crippen molar-refractivity contribution in [2.24, 2.45) is 0 Å². The van der Waals surface area contributed by atoms with Crippen molar-refractivity contribution in [2.75, 3.05) is 19.4 Å². The maximum atomic E-state index is 11.6. The molecule has 2 rings (SSSR count). The first-order chi connectivity index (χ1) is 8.33. The van der Waals surface area contributed by atoms with Crippen molar-refractivity contribution in [2.45, 2.75) is 6.54 Å². The molecule has 1 aliphatic rings. The maximum Gasteiger partial charge on any atom is 0.261 e. The summed E-state index contributed by atoms with van der Waals surface area (Å²) >= 11 is 0. The van der Waals surface area contributed by atoms with Crippen LogP contribution in [-0.2, 0) is 16.7 Å². The van der Waals surface area contributed by atoms with Gasteiger partial charge in [-0.1, -0.05) is 18.2 Å². The average molecular weight is 273 g/mol. The fourth-order valence-corrected chi connectivity index (χ4v) is 1.62. The summed E-state index contributed by atoms with van der Waals surface area (Å²) in [6.07, 6.45) is 0.715. The Balaban J connectivity index is 0.000000280. The number of benzene rings is 1. The third-order valence-electron chi connectivity index (χ3n) is 2.27. The van der Waals surface area contributed by atoms with Gasteiger partial charge < -0.3 is 10.0 Å². The van der Waals surface area contributed by atoms with Crippen LogP contribution >= 0.6 is 0 Å². The second-order valence-corrected chi connectivity index (χ2v) is 5.31. The molecule has 0 atom stereocenters. The highest BCUT2D eigenvalue weighted by atomic mass is 32.2. The Kier molecular flexibility index (Phi) is 4.83. The fraction of sp³-hybridized carbons (Fsp3) is 0.364. The van der Waals surface area contributed by atoms with Gasteiger partial charge in [0.15, 0.2) is 0 Å². The highest BCUT2D eigenvalue weighted by Crippen LogP contribution is 2.21. The lowest BCUT2D eigenvalue weighted by atomic mass is 10.1. The van der Waals surface area contributed by atoms with Crippen LogP contribution in [0.2, 0.25) is 0 Å². The van der Waals surface area contributed by atoms with Crippen LogP contribution in [0, 0.1) is 0 Å². The van der Waals surface area contributed by atoms with Crippen LogP contribution < -0.4 is 0 Å². The molecular weight excluding hydrogens is 258 g/mol. The Labute approximate surface area is 106 Å². The van der Waals surface area contributed by atoms with Crippen LogP contribution in [0.15, 0.2) is 24.3 Å². The van der Waals surface area contributed by atoms with Gasteiger partial charge in [-0.25, -0.2) is 0 Å². The van der Waals surface area contributed by atoms with Gasteiger partial charge in [0.1, 0.15) is 0 Å². The van der Waals surface area contributed by atoms with Gasteiger partial charge in [0.05, 0.1) is 12.9 Å². The van der Waals surface area contributed by atoms with E-state index in [1.165, 1.54) is 0 Å². The topological polar surface area (TPSA) is 94.9 Å². The number of fused-ring (bicyclic) bond motifs is 1. The number of carbonyl (C=O) groups is 1. The van der Waals surface area contributed by atoms with E-state index in [1.807, 2.05) is 24.3 Å². The minimum Gasteiger partial charge on any atom is -0.395 e. The minimum absolute atomic E-state index is 0.0275. The molecule has 7 heteroatoms. The number of aliphatic hydroxyl groups is 1. The molecule has 2 N–H and O–H groups in total. The SMILES string of the molecule is CS(=O)(=O)O.O=C1c2ccccc2CN1CCO. The molecule has 6 nitrogen and oxygen atoms in total. The predicted molar refractivity (Wildman–Crippen MR) is 65.7 cm³/mol. The zero-order chi connectivity index (χ0) is 13.8. The molecule has 0 saturated carbocycles. The van der Waals surface area contributed by atoms with Crippen molar-refractivity contribution in [1.82, 2.24) is 4.90 Å². The largest absolute Gasteiger partial charge is 0.395 e. The van der Waals surface area contributed by atoms with Crippen LogP contribution in [0.3, 0.4) is 0 Å². The number of amides is 1. The van der Waals surface area contributed by atoms with Crippen LogP contribution in [0.5, 0.6) is 0 Å². The van der Waals surface area contributed by atoms with Gasteiger partial charge in [-0.2, -0.15) is 8.42 Å². The van der Waals surface area contributed by atoms with Gasteiger partial charge in [-0.05, 0) is 11.6 Å². The van der Waals surface area contributed by atoms with Crippen molar-refractivity contribution in [3.05, 3.63) is 35.4 Å². The Morgan fingerprint density at radius 1 is 1.33 bits per heavy atom. The van der Waals surface area contributed by atoms with E-state index in [0.717, 1.165) is 11.1 Å². The zero-order valence-corrected chi connectivity index (χ0v) is 10.7. The third kappa shape index (κ3) is 4.44. The second kappa shape index (κ2) is 5.94. The summed E-state index contributed by atoms with van der Waals surface area (Å²) in [6, 6.07) is 7.56. The first-order valence-corrected chi connectivity index (χ1v) is 7.08. The Bertz CT molecular complexity index is 518. The molecule has 100 valence electrons. The Morgan fingerprint density at radius 2 is 1.89 bits per heavy atom. The van der Waals surface area contributed by atoms with E-state index >= 15 is 0 Å². The van der Waals surface area contributed by atoms with Crippen molar-refractivity contribution in [3.63, 3.8) is 0 Å². The lowest BCUT2D eigenvalue weighted by molar-refractivity contribution is 0.0745. The minimum atomic E-state index is -3.67. The Morgan fingerprint density at radius 3 is 2.39 bits per heavy atom. The Hall–Kier alpha value is -1.44. The molecule has 18 heavy (non-hydrogen) atoms. The highest BCUT2D eigenvalue weighted by molar-refractivity contribution is 7.85. The van der Waals surface area contributed by atoms with Gasteiger partial charge >= 0.3 is 0 Å². The summed E-state index contributed by atoms with van der Waals surface area (Å²) in [6.45, 7) is 1.09. The summed E-state index contributed by atoms with van der Waals surface area (Å²) in [5.41, 5.74) is 1.83. The first kappa shape index (κ1) is 14.6. The second-order valence-electron chi connectivity index (χ2n) is 3.84. The van der Waals surface area contributed by atoms with Crippen molar-refractivity contribution in [1.29, 1.82) is 0 Å². The number of hydrogen-bond acceptors (Lipinski definition) is 4. The van der Waals surface area contributed by atoms with E-state index < -0.39 is 10.1 Å². The fourth-order valence-electron chi connectivity index (χ4n) is 1.62. The van der Waals surface area contributed by atoms with E-state index in [9.17, 15) is 13.2 Å². The van der Waals surface area contributed by atoms with E-state index in [2.05, 4.69) is 0 Å². The van der Waals surface area contributed by atoms with E-state index in [4.69, 9.17) is 9.66 Å². The molecule has 1 heterocycles. The molecule has 0 radical (unpaired) electrons. The van der Waals surface area contributed by atoms with Crippen LogP contribution in [-0.4, -0.2) is 48.3 Å². The number of hydrogen-bond donors (Lipinski definition) is 2. The summed E-state index contributed by atoms with van der Waals surface area (Å²) < 4.78 is 25.9. The molecule has 1 aromatic carbocycles. The number of rotatable bonds is 2. The van der Waals surface area contributed by atoms with Crippen molar-refractivity contribution >= 4 is 16.0 Å². The summed E-state index contributed by atoms with van der Waals surface area (Å²) in [5, 5.41) is 8.73. The number of carbonyl (C=O) groups excluding carboxylic acids is 1. The molecule has 0 aromatic heterocycles. The van der Waals surface area contributed by atoms with Gasteiger partial charge in [0.25, 0.3) is 16.0 Å². The first-order valence-electron chi connectivity index (χ1n) is 5.23. The van der Waals surface area contributed by atoms with Crippen LogP contribution in [0.1, 0.15) is 15.9 Å². The summed E-state index contributed by atoms with van der Waals surface area (Å²) in [7, 11) is -3.67. The number of nitrogens with zero attached hydrogens (tertiary/aromatic N) is 1. The molecule has 0 spiro atoms. The molecule has 1 aromatic rings. The lowest BCUT2D eigenvalue weighted by Gasteiger charge is -2.12. The highest BCUT2D eigenvalue weighted by Gasteiger charge is 2.25. The van der Waals surface area contributed by atoms with Crippen LogP contribution in [0.25, 0.3) is 0 Å². The van der Waals surface area contributed by atoms with Gasteiger partial charge in [0, 0.05) is 18.7 Å². The van der Waals surface area contributed by atoms with E-state index in [0.29, 0.717) is 19.3 Å². The maximum absolute atomic E-state index is 11.6. The van der Waals surface area contributed by atoms with Crippen LogP contribution in [0.4, 0.5) is 0 Å². The molecule has 0 bridgehead atoms. The summed E-state index contributed by atoms with van der Waals surface area (Å²) in [4.78, 5) is 13.3. The van der Waals surface area contributed by atoms with E-state index in [-0.39, 0.29) is 12.5 Å². The molecule has 0 fully saturated rings. The third-order valence-corrected chi connectivity index (χ3v) is 2.27. The normalized spacial score (nSPS) is 13.9. The predicted octanol–water partition coefficient (Wildman–Crippen LogP) is 0.139. The molecule has 0 aliphatic carbocycles. The van der Waals surface area contributed by atoms with Gasteiger partial charge in [0.2, 0.25) is 0 Å². The summed E-state index contributed by atoms with van der Waals surface area (Å²) in [5.74, 6) is 0.0321. The van der Waals surface area contributed by atoms with Gasteiger partial charge in [-0.15, -0.1) is 0 Å². The van der Waals surface area contributed by atoms with Gasteiger partial charge in [-0.3, -0.25) is 9.35 Å². The zero-order valence-electron chi connectivity index (χ0n) is 9.91. The average Bonchev–Trinajstić information content (AvgIpc) is 2.55.